The highest BCUT2D eigenvalue weighted by Crippen LogP contribution is 2.23. The van der Waals surface area contributed by atoms with Crippen LogP contribution in [-0.4, -0.2) is 45.7 Å². The molecule has 1 aromatic heterocycles. The summed E-state index contributed by atoms with van der Waals surface area (Å²) < 4.78 is 1.74. The van der Waals surface area contributed by atoms with Gasteiger partial charge in [0.15, 0.2) is 0 Å². The van der Waals surface area contributed by atoms with Crippen molar-refractivity contribution in [1.82, 2.24) is 14.5 Å². The first-order valence-corrected chi connectivity index (χ1v) is 6.22. The molecular formula is C13H15N3O3. The highest BCUT2D eigenvalue weighted by molar-refractivity contribution is 5.92. The molecule has 0 spiro atoms. The number of hydrogen-bond donors (Lipinski definition) is 2. The molecule has 0 aliphatic carbocycles. The number of likely N-dealkylation sites (N-methyl/N-ethyl adjacent to an activating group) is 1. The molecule has 1 aromatic carbocycles. The van der Waals surface area contributed by atoms with Crippen LogP contribution in [0, 0.1) is 0 Å². The average Bonchev–Trinajstić information content (AvgIpc) is 2.90. The Labute approximate surface area is 109 Å². The van der Waals surface area contributed by atoms with Crippen molar-refractivity contribution in [2.75, 3.05) is 20.1 Å². The molecule has 1 aliphatic heterocycles. The van der Waals surface area contributed by atoms with E-state index in [4.69, 9.17) is 5.11 Å². The number of rotatable bonds is 2. The van der Waals surface area contributed by atoms with Gasteiger partial charge in [0.2, 0.25) is 0 Å². The Hall–Kier alpha value is -2.08. The molecule has 2 aromatic rings. The van der Waals surface area contributed by atoms with Crippen LogP contribution in [0.4, 0.5) is 0 Å². The van der Waals surface area contributed by atoms with Gasteiger partial charge in [-0.15, -0.1) is 0 Å². The predicted molar refractivity (Wildman–Crippen MR) is 70.7 cm³/mol. The van der Waals surface area contributed by atoms with Gasteiger partial charge in [0.05, 0.1) is 22.6 Å². The highest BCUT2D eigenvalue weighted by Gasteiger charge is 2.24. The SMILES string of the molecule is CN1CCC(n2c(=O)[nH]c3cc(C(=O)O)ccc32)C1. The lowest BCUT2D eigenvalue weighted by Crippen LogP contribution is -2.24. The van der Waals surface area contributed by atoms with Gasteiger partial charge in [-0.2, -0.15) is 0 Å². The summed E-state index contributed by atoms with van der Waals surface area (Å²) >= 11 is 0. The number of nitrogens with one attached hydrogen (secondary N) is 1. The van der Waals surface area contributed by atoms with Gasteiger partial charge in [-0.05, 0) is 38.2 Å². The maximum Gasteiger partial charge on any atom is 0.335 e. The molecule has 3 rings (SSSR count). The minimum absolute atomic E-state index is 0.155. The minimum atomic E-state index is -0.990. The van der Waals surface area contributed by atoms with E-state index < -0.39 is 5.97 Å². The van der Waals surface area contributed by atoms with E-state index in [-0.39, 0.29) is 17.3 Å². The van der Waals surface area contributed by atoms with Crippen molar-refractivity contribution in [3.05, 3.63) is 34.2 Å². The van der Waals surface area contributed by atoms with Crippen molar-refractivity contribution in [1.29, 1.82) is 0 Å². The van der Waals surface area contributed by atoms with E-state index in [2.05, 4.69) is 9.88 Å². The van der Waals surface area contributed by atoms with Crippen LogP contribution in [0.1, 0.15) is 22.8 Å². The van der Waals surface area contributed by atoms with Gasteiger partial charge < -0.3 is 15.0 Å². The summed E-state index contributed by atoms with van der Waals surface area (Å²) in [5.41, 5.74) is 1.37. The molecule has 1 fully saturated rings. The number of likely N-dealkylation sites (tertiary alicyclic amines) is 1. The number of carbonyl (C=O) groups is 1. The summed E-state index contributed by atoms with van der Waals surface area (Å²) in [5, 5.41) is 8.96. The molecule has 1 aliphatic rings. The number of H-pyrrole nitrogens is 1. The van der Waals surface area contributed by atoms with Crippen LogP contribution < -0.4 is 5.69 Å². The second kappa shape index (κ2) is 4.24. The van der Waals surface area contributed by atoms with Crippen molar-refractivity contribution in [3.63, 3.8) is 0 Å². The van der Waals surface area contributed by atoms with Crippen molar-refractivity contribution < 1.29 is 9.90 Å². The van der Waals surface area contributed by atoms with Gasteiger partial charge in [0.1, 0.15) is 0 Å². The van der Waals surface area contributed by atoms with Gasteiger partial charge in [0.25, 0.3) is 0 Å². The third-order valence-corrected chi connectivity index (χ3v) is 3.70. The molecule has 0 bridgehead atoms. The molecule has 6 heteroatoms. The topological polar surface area (TPSA) is 78.3 Å². The van der Waals surface area contributed by atoms with Gasteiger partial charge in [-0.25, -0.2) is 9.59 Å². The Balaban J connectivity index is 2.13. The lowest BCUT2D eigenvalue weighted by Gasteiger charge is -2.12. The number of aromatic nitrogens is 2. The number of carboxylic acid groups (broad SMARTS) is 1. The fraction of sp³-hybridized carbons (Fsp3) is 0.385. The first-order valence-electron chi connectivity index (χ1n) is 6.22. The smallest absolute Gasteiger partial charge is 0.335 e. The summed E-state index contributed by atoms with van der Waals surface area (Å²) in [6.07, 6.45) is 0.935. The standard InChI is InChI=1S/C13H15N3O3/c1-15-5-4-9(7-15)16-11-3-2-8(12(17)18)6-10(11)14-13(16)19/h2-3,6,9H,4-5,7H2,1H3,(H,14,19)(H,17,18). The Morgan fingerprint density at radius 3 is 2.89 bits per heavy atom. The second-order valence-electron chi connectivity index (χ2n) is 5.04. The Kier molecular flexibility index (Phi) is 2.67. The molecule has 1 atom stereocenters. The van der Waals surface area contributed by atoms with Crippen LogP contribution in [0.3, 0.4) is 0 Å². The van der Waals surface area contributed by atoms with E-state index in [1.54, 1.807) is 10.6 Å². The first kappa shape index (κ1) is 12.0. The number of aromatic carboxylic acids is 1. The number of benzene rings is 1. The summed E-state index contributed by atoms with van der Waals surface area (Å²) in [4.78, 5) is 27.9. The third kappa shape index (κ3) is 1.94. The summed E-state index contributed by atoms with van der Waals surface area (Å²) in [5.74, 6) is -0.990. The highest BCUT2D eigenvalue weighted by atomic mass is 16.4. The molecular weight excluding hydrogens is 246 g/mol. The van der Waals surface area contributed by atoms with E-state index in [0.29, 0.717) is 5.52 Å². The summed E-state index contributed by atoms with van der Waals surface area (Å²) in [7, 11) is 2.03. The number of fused-ring (bicyclic) bond motifs is 1. The molecule has 100 valence electrons. The number of hydrogen-bond acceptors (Lipinski definition) is 3. The van der Waals surface area contributed by atoms with Crippen LogP contribution in [0.25, 0.3) is 11.0 Å². The zero-order chi connectivity index (χ0) is 13.6. The zero-order valence-electron chi connectivity index (χ0n) is 10.6. The lowest BCUT2D eigenvalue weighted by atomic mass is 10.2. The molecule has 0 saturated carbocycles. The van der Waals surface area contributed by atoms with Gasteiger partial charge in [-0.3, -0.25) is 4.57 Å². The average molecular weight is 261 g/mol. The van der Waals surface area contributed by atoms with E-state index in [0.717, 1.165) is 25.0 Å². The normalized spacial score (nSPS) is 20.2. The number of aromatic amines is 1. The molecule has 19 heavy (non-hydrogen) atoms. The predicted octanol–water partition coefficient (Wildman–Crippen LogP) is 0.904. The number of carboxylic acids is 1. The van der Waals surface area contributed by atoms with Crippen LogP contribution in [-0.2, 0) is 0 Å². The first-order chi connectivity index (χ1) is 9.06. The van der Waals surface area contributed by atoms with E-state index >= 15 is 0 Å². The molecule has 6 nitrogen and oxygen atoms in total. The molecule has 2 heterocycles. The summed E-state index contributed by atoms with van der Waals surface area (Å²) in [6, 6.07) is 4.90. The fourth-order valence-corrected chi connectivity index (χ4v) is 2.75. The quantitative estimate of drug-likeness (QED) is 0.842. The van der Waals surface area contributed by atoms with Crippen LogP contribution in [0.15, 0.2) is 23.0 Å². The lowest BCUT2D eigenvalue weighted by molar-refractivity contribution is 0.0697. The fourth-order valence-electron chi connectivity index (χ4n) is 2.75. The van der Waals surface area contributed by atoms with E-state index in [1.165, 1.54) is 12.1 Å². The zero-order valence-corrected chi connectivity index (χ0v) is 10.6. The molecule has 1 saturated heterocycles. The molecule has 0 radical (unpaired) electrons. The van der Waals surface area contributed by atoms with E-state index in [9.17, 15) is 9.59 Å². The third-order valence-electron chi connectivity index (χ3n) is 3.70. The maximum absolute atomic E-state index is 12.1. The Morgan fingerprint density at radius 1 is 1.47 bits per heavy atom. The molecule has 0 amide bonds. The van der Waals surface area contributed by atoms with Gasteiger partial charge in [-0.1, -0.05) is 0 Å². The molecule has 1 unspecified atom stereocenters. The summed E-state index contributed by atoms with van der Waals surface area (Å²) in [6.45, 7) is 1.81. The molecule has 2 N–H and O–H groups in total. The van der Waals surface area contributed by atoms with Crippen molar-refractivity contribution in [2.24, 2.45) is 0 Å². The van der Waals surface area contributed by atoms with Crippen LogP contribution >= 0.6 is 0 Å². The maximum atomic E-state index is 12.1. The van der Waals surface area contributed by atoms with Gasteiger partial charge in [0, 0.05) is 6.54 Å². The Morgan fingerprint density at radius 2 is 2.26 bits per heavy atom. The second-order valence-corrected chi connectivity index (χ2v) is 5.04. The van der Waals surface area contributed by atoms with E-state index in [1.807, 2.05) is 7.05 Å². The van der Waals surface area contributed by atoms with Gasteiger partial charge >= 0.3 is 11.7 Å². The minimum Gasteiger partial charge on any atom is -0.478 e. The van der Waals surface area contributed by atoms with Crippen molar-refractivity contribution >= 4 is 17.0 Å². The van der Waals surface area contributed by atoms with Crippen LogP contribution in [0.2, 0.25) is 0 Å². The van der Waals surface area contributed by atoms with Crippen molar-refractivity contribution in [2.45, 2.75) is 12.5 Å². The number of nitrogens with zero attached hydrogens (tertiary/aromatic N) is 2. The van der Waals surface area contributed by atoms with Crippen molar-refractivity contribution in [3.8, 4) is 0 Å². The van der Waals surface area contributed by atoms with Crippen LogP contribution in [0.5, 0.6) is 0 Å². The Bertz CT molecular complexity index is 701. The largest absolute Gasteiger partial charge is 0.478 e. The number of imidazole rings is 1. The monoisotopic (exact) mass is 261 g/mol.